The number of hydrogen-bond donors (Lipinski definition) is 1. The maximum absolute atomic E-state index is 4.56. The Bertz CT molecular complexity index is 438. The predicted octanol–water partition coefficient (Wildman–Crippen LogP) is 1.65. The van der Waals surface area contributed by atoms with Crippen molar-refractivity contribution < 1.29 is 0 Å². The number of aromatic nitrogens is 2. The second-order valence-electron chi connectivity index (χ2n) is 6.56. The Labute approximate surface area is 127 Å². The molecule has 2 saturated heterocycles. The van der Waals surface area contributed by atoms with Gasteiger partial charge in [0.1, 0.15) is 0 Å². The zero-order chi connectivity index (χ0) is 14.7. The maximum Gasteiger partial charge on any atom is 0.225 e. The monoisotopic (exact) mass is 289 g/mol. The zero-order valence-corrected chi connectivity index (χ0v) is 13.3. The molecule has 0 saturated carbocycles. The highest BCUT2D eigenvalue weighted by atomic mass is 15.3. The summed E-state index contributed by atoms with van der Waals surface area (Å²) in [4.78, 5) is 14.1. The predicted molar refractivity (Wildman–Crippen MR) is 85.4 cm³/mol. The Morgan fingerprint density at radius 1 is 1.19 bits per heavy atom. The summed E-state index contributed by atoms with van der Waals surface area (Å²) in [5.74, 6) is 0.894. The summed E-state index contributed by atoms with van der Waals surface area (Å²) in [7, 11) is 0. The van der Waals surface area contributed by atoms with Crippen LogP contribution in [0.2, 0.25) is 0 Å². The van der Waals surface area contributed by atoms with Crippen molar-refractivity contribution in [3.05, 3.63) is 18.0 Å². The fourth-order valence-electron chi connectivity index (χ4n) is 3.25. The first-order valence-corrected chi connectivity index (χ1v) is 8.25. The van der Waals surface area contributed by atoms with Gasteiger partial charge in [-0.25, -0.2) is 9.97 Å². The number of likely N-dealkylation sites (tertiary alicyclic amines) is 1. The number of rotatable bonds is 5. The van der Waals surface area contributed by atoms with Crippen LogP contribution in [0.25, 0.3) is 0 Å². The Balaban J connectivity index is 1.55. The lowest BCUT2D eigenvalue weighted by molar-refractivity contribution is 0.260. The van der Waals surface area contributed by atoms with Crippen LogP contribution in [0.5, 0.6) is 0 Å². The van der Waals surface area contributed by atoms with Crippen molar-refractivity contribution in [1.29, 1.82) is 0 Å². The quantitative estimate of drug-likeness (QED) is 0.893. The molecular weight excluding hydrogens is 262 g/mol. The third kappa shape index (κ3) is 3.71. The normalized spacial score (nSPS) is 23.4. The molecule has 1 atom stereocenters. The molecule has 3 heterocycles. The topological polar surface area (TPSA) is 44.3 Å². The van der Waals surface area contributed by atoms with Gasteiger partial charge in [-0.1, -0.05) is 13.8 Å². The van der Waals surface area contributed by atoms with E-state index in [-0.39, 0.29) is 0 Å². The lowest BCUT2D eigenvalue weighted by Crippen LogP contribution is -2.35. The molecule has 2 aliphatic rings. The van der Waals surface area contributed by atoms with Crippen LogP contribution < -0.4 is 10.2 Å². The van der Waals surface area contributed by atoms with Crippen molar-refractivity contribution in [3.8, 4) is 0 Å². The van der Waals surface area contributed by atoms with E-state index >= 15 is 0 Å². The molecule has 0 spiro atoms. The molecule has 0 bridgehead atoms. The minimum atomic E-state index is 0.490. The van der Waals surface area contributed by atoms with E-state index in [1.807, 2.05) is 12.4 Å². The summed E-state index contributed by atoms with van der Waals surface area (Å²) in [5.41, 5.74) is 1.16. The average Bonchev–Trinajstić information content (AvgIpc) is 3.16. The molecule has 0 aliphatic carbocycles. The second kappa shape index (κ2) is 6.71. The van der Waals surface area contributed by atoms with Crippen LogP contribution >= 0.6 is 0 Å². The minimum absolute atomic E-state index is 0.490. The van der Waals surface area contributed by atoms with E-state index in [1.165, 1.54) is 32.4 Å². The third-order valence-corrected chi connectivity index (χ3v) is 4.51. The van der Waals surface area contributed by atoms with Crippen LogP contribution in [0.15, 0.2) is 12.4 Å². The molecule has 116 valence electrons. The van der Waals surface area contributed by atoms with Crippen LogP contribution in [0, 0.1) is 0 Å². The number of nitrogens with one attached hydrogen (secondary N) is 1. The highest BCUT2D eigenvalue weighted by Crippen LogP contribution is 2.22. The van der Waals surface area contributed by atoms with Crippen molar-refractivity contribution in [1.82, 2.24) is 20.2 Å². The SMILES string of the molecule is CC(C)NCc1cnc(N2CCC(N3CCCC3)C2)nc1. The number of anilines is 1. The summed E-state index contributed by atoms with van der Waals surface area (Å²) in [6.07, 6.45) is 7.90. The molecule has 1 unspecified atom stereocenters. The summed E-state index contributed by atoms with van der Waals surface area (Å²) in [6.45, 7) is 9.87. The summed E-state index contributed by atoms with van der Waals surface area (Å²) in [5, 5.41) is 3.39. The Morgan fingerprint density at radius 3 is 2.57 bits per heavy atom. The lowest BCUT2D eigenvalue weighted by atomic mass is 10.2. The van der Waals surface area contributed by atoms with Gasteiger partial charge < -0.3 is 10.2 Å². The van der Waals surface area contributed by atoms with E-state index in [1.54, 1.807) is 0 Å². The molecule has 1 aromatic heterocycles. The van der Waals surface area contributed by atoms with Gasteiger partial charge in [-0.3, -0.25) is 4.90 Å². The van der Waals surface area contributed by atoms with Crippen LogP contribution in [0.4, 0.5) is 5.95 Å². The highest BCUT2D eigenvalue weighted by Gasteiger charge is 2.30. The van der Waals surface area contributed by atoms with E-state index < -0.39 is 0 Å². The summed E-state index contributed by atoms with van der Waals surface area (Å²) in [6, 6.07) is 1.20. The van der Waals surface area contributed by atoms with Gasteiger partial charge in [0, 0.05) is 49.7 Å². The van der Waals surface area contributed by atoms with E-state index in [2.05, 4.69) is 38.9 Å². The maximum atomic E-state index is 4.56. The number of hydrogen-bond acceptors (Lipinski definition) is 5. The largest absolute Gasteiger partial charge is 0.339 e. The highest BCUT2D eigenvalue weighted by molar-refractivity contribution is 5.32. The first-order valence-electron chi connectivity index (χ1n) is 8.25. The van der Waals surface area contributed by atoms with E-state index in [0.717, 1.165) is 31.1 Å². The first kappa shape index (κ1) is 14.7. The smallest absolute Gasteiger partial charge is 0.225 e. The van der Waals surface area contributed by atoms with Gasteiger partial charge in [0.2, 0.25) is 5.95 Å². The molecule has 5 nitrogen and oxygen atoms in total. The van der Waals surface area contributed by atoms with Crippen molar-refractivity contribution in [2.75, 3.05) is 31.1 Å². The second-order valence-corrected chi connectivity index (χ2v) is 6.56. The molecule has 0 amide bonds. The van der Waals surface area contributed by atoms with Crippen molar-refractivity contribution in [2.24, 2.45) is 0 Å². The lowest BCUT2D eigenvalue weighted by Gasteiger charge is -2.23. The standard InChI is InChI=1S/C16H27N5/c1-13(2)17-9-14-10-18-16(19-11-14)21-8-5-15(12-21)20-6-3-4-7-20/h10-11,13,15,17H,3-9,12H2,1-2H3. The van der Waals surface area contributed by atoms with E-state index in [9.17, 15) is 0 Å². The molecule has 0 aromatic carbocycles. The summed E-state index contributed by atoms with van der Waals surface area (Å²) < 4.78 is 0. The van der Waals surface area contributed by atoms with Gasteiger partial charge in [-0.2, -0.15) is 0 Å². The third-order valence-electron chi connectivity index (χ3n) is 4.51. The van der Waals surface area contributed by atoms with Crippen LogP contribution in [-0.4, -0.2) is 53.1 Å². The number of nitrogens with zero attached hydrogens (tertiary/aromatic N) is 4. The minimum Gasteiger partial charge on any atom is -0.339 e. The Morgan fingerprint density at radius 2 is 1.90 bits per heavy atom. The molecule has 5 heteroatoms. The van der Waals surface area contributed by atoms with Gasteiger partial charge in [0.05, 0.1) is 0 Å². The van der Waals surface area contributed by atoms with Gasteiger partial charge in [0.15, 0.2) is 0 Å². The van der Waals surface area contributed by atoms with Gasteiger partial charge in [0.25, 0.3) is 0 Å². The van der Waals surface area contributed by atoms with E-state index in [0.29, 0.717) is 12.1 Å². The molecule has 0 radical (unpaired) electrons. The molecule has 1 N–H and O–H groups in total. The Hall–Kier alpha value is -1.20. The molecule has 3 rings (SSSR count). The van der Waals surface area contributed by atoms with Gasteiger partial charge >= 0.3 is 0 Å². The van der Waals surface area contributed by atoms with Gasteiger partial charge in [-0.05, 0) is 32.4 Å². The fraction of sp³-hybridized carbons (Fsp3) is 0.750. The zero-order valence-electron chi connectivity index (χ0n) is 13.3. The van der Waals surface area contributed by atoms with Crippen LogP contribution in [-0.2, 0) is 6.54 Å². The Kier molecular flexibility index (Phi) is 4.70. The molecule has 21 heavy (non-hydrogen) atoms. The molecular formula is C16H27N5. The molecule has 2 fully saturated rings. The van der Waals surface area contributed by atoms with E-state index in [4.69, 9.17) is 0 Å². The molecule has 1 aromatic rings. The van der Waals surface area contributed by atoms with Crippen LogP contribution in [0.1, 0.15) is 38.7 Å². The molecule has 2 aliphatic heterocycles. The van der Waals surface area contributed by atoms with Gasteiger partial charge in [-0.15, -0.1) is 0 Å². The summed E-state index contributed by atoms with van der Waals surface area (Å²) >= 11 is 0. The first-order chi connectivity index (χ1) is 10.2. The fourth-order valence-corrected chi connectivity index (χ4v) is 3.25. The van der Waals surface area contributed by atoms with Crippen molar-refractivity contribution in [2.45, 2.75) is 51.7 Å². The van der Waals surface area contributed by atoms with Crippen molar-refractivity contribution in [3.63, 3.8) is 0 Å². The van der Waals surface area contributed by atoms with Crippen LogP contribution in [0.3, 0.4) is 0 Å². The van der Waals surface area contributed by atoms with Crippen molar-refractivity contribution >= 4 is 5.95 Å². The average molecular weight is 289 g/mol.